The van der Waals surface area contributed by atoms with Gasteiger partial charge in [-0.15, -0.1) is 11.3 Å². The SMILES string of the molecule is CCn1nc(C)cc1CNC(C)c1cc(C)sc1C. The van der Waals surface area contributed by atoms with Crippen LogP contribution in [-0.2, 0) is 13.1 Å². The largest absolute Gasteiger partial charge is 0.305 e. The molecular formula is C15H23N3S. The predicted molar refractivity (Wildman–Crippen MR) is 81.7 cm³/mol. The van der Waals surface area contributed by atoms with Crippen molar-refractivity contribution in [2.45, 2.75) is 53.8 Å². The Morgan fingerprint density at radius 1 is 1.32 bits per heavy atom. The molecule has 0 fully saturated rings. The highest BCUT2D eigenvalue weighted by molar-refractivity contribution is 7.12. The molecule has 0 radical (unpaired) electrons. The fraction of sp³-hybridized carbons (Fsp3) is 0.533. The summed E-state index contributed by atoms with van der Waals surface area (Å²) in [6, 6.07) is 4.83. The Kier molecular flexibility index (Phi) is 4.42. The van der Waals surface area contributed by atoms with Gasteiger partial charge in [-0.05, 0) is 52.3 Å². The molecule has 1 N–H and O–H groups in total. The van der Waals surface area contributed by atoms with E-state index in [4.69, 9.17) is 0 Å². The van der Waals surface area contributed by atoms with Crippen LogP contribution in [0.25, 0.3) is 0 Å². The highest BCUT2D eigenvalue weighted by atomic mass is 32.1. The van der Waals surface area contributed by atoms with Gasteiger partial charge in [0.15, 0.2) is 0 Å². The fourth-order valence-electron chi connectivity index (χ4n) is 2.46. The number of nitrogens with zero attached hydrogens (tertiary/aromatic N) is 2. The van der Waals surface area contributed by atoms with Gasteiger partial charge in [0.1, 0.15) is 0 Å². The quantitative estimate of drug-likeness (QED) is 0.902. The fourth-order valence-corrected chi connectivity index (χ4v) is 3.49. The lowest BCUT2D eigenvalue weighted by molar-refractivity contribution is 0.530. The third kappa shape index (κ3) is 3.25. The molecule has 1 unspecified atom stereocenters. The first-order chi connectivity index (χ1) is 9.01. The molecule has 0 amide bonds. The minimum absolute atomic E-state index is 0.380. The average molecular weight is 277 g/mol. The number of aryl methyl sites for hydroxylation is 4. The van der Waals surface area contributed by atoms with Crippen molar-refractivity contribution in [1.82, 2.24) is 15.1 Å². The van der Waals surface area contributed by atoms with E-state index in [9.17, 15) is 0 Å². The monoisotopic (exact) mass is 277 g/mol. The first-order valence-corrected chi connectivity index (χ1v) is 7.66. The number of aromatic nitrogens is 2. The van der Waals surface area contributed by atoms with E-state index >= 15 is 0 Å². The van der Waals surface area contributed by atoms with Gasteiger partial charge >= 0.3 is 0 Å². The van der Waals surface area contributed by atoms with Crippen LogP contribution in [0.3, 0.4) is 0 Å². The molecule has 1 atom stereocenters. The van der Waals surface area contributed by atoms with E-state index in [1.807, 2.05) is 18.3 Å². The van der Waals surface area contributed by atoms with Crippen molar-refractivity contribution < 1.29 is 0 Å². The van der Waals surface area contributed by atoms with E-state index in [1.165, 1.54) is 21.0 Å². The maximum absolute atomic E-state index is 4.48. The Bertz CT molecular complexity index is 554. The van der Waals surface area contributed by atoms with E-state index in [2.05, 4.69) is 54.9 Å². The van der Waals surface area contributed by atoms with Crippen LogP contribution in [0, 0.1) is 20.8 Å². The number of rotatable bonds is 5. The standard InChI is InChI=1S/C15H23N3S/c1-6-18-14(7-10(2)17-18)9-16-12(4)15-8-11(3)19-13(15)5/h7-8,12,16H,6,9H2,1-5H3. The van der Waals surface area contributed by atoms with Gasteiger partial charge in [-0.3, -0.25) is 4.68 Å². The lowest BCUT2D eigenvalue weighted by Crippen LogP contribution is -2.20. The Morgan fingerprint density at radius 3 is 2.63 bits per heavy atom. The molecule has 0 spiro atoms. The zero-order chi connectivity index (χ0) is 14.0. The highest BCUT2D eigenvalue weighted by Gasteiger charge is 2.12. The smallest absolute Gasteiger partial charge is 0.0597 e. The summed E-state index contributed by atoms with van der Waals surface area (Å²) in [6.07, 6.45) is 0. The molecule has 4 heteroatoms. The zero-order valence-electron chi connectivity index (χ0n) is 12.4. The Morgan fingerprint density at radius 2 is 2.05 bits per heavy atom. The number of hydrogen-bond acceptors (Lipinski definition) is 3. The normalized spacial score (nSPS) is 12.9. The van der Waals surface area contributed by atoms with Gasteiger partial charge in [-0.2, -0.15) is 5.10 Å². The number of nitrogens with one attached hydrogen (secondary N) is 1. The highest BCUT2D eigenvalue weighted by Crippen LogP contribution is 2.26. The number of thiophene rings is 1. The molecule has 2 aromatic rings. The molecule has 0 aliphatic carbocycles. The van der Waals surface area contributed by atoms with Gasteiger partial charge in [0.2, 0.25) is 0 Å². The average Bonchev–Trinajstić information content (AvgIpc) is 2.88. The van der Waals surface area contributed by atoms with Crippen molar-refractivity contribution in [3.63, 3.8) is 0 Å². The lowest BCUT2D eigenvalue weighted by Gasteiger charge is -2.14. The van der Waals surface area contributed by atoms with Crippen molar-refractivity contribution in [2.24, 2.45) is 0 Å². The Balaban J connectivity index is 2.04. The van der Waals surface area contributed by atoms with Crippen LogP contribution in [-0.4, -0.2) is 9.78 Å². The van der Waals surface area contributed by atoms with Crippen LogP contribution in [0.1, 0.15) is 46.6 Å². The molecule has 0 aliphatic heterocycles. The molecule has 104 valence electrons. The van der Waals surface area contributed by atoms with E-state index in [0.29, 0.717) is 6.04 Å². The topological polar surface area (TPSA) is 29.9 Å². The Labute approximate surface area is 119 Å². The third-order valence-electron chi connectivity index (χ3n) is 3.42. The molecule has 0 bridgehead atoms. The second-order valence-electron chi connectivity index (χ2n) is 5.06. The molecule has 0 saturated heterocycles. The first-order valence-electron chi connectivity index (χ1n) is 6.85. The third-order valence-corrected chi connectivity index (χ3v) is 4.40. The van der Waals surface area contributed by atoms with E-state index in [0.717, 1.165) is 18.8 Å². The van der Waals surface area contributed by atoms with Crippen LogP contribution in [0.4, 0.5) is 0 Å². The van der Waals surface area contributed by atoms with Gasteiger partial charge in [-0.25, -0.2) is 0 Å². The molecular weight excluding hydrogens is 254 g/mol. The van der Waals surface area contributed by atoms with Gasteiger partial charge in [0.05, 0.1) is 11.4 Å². The predicted octanol–water partition coefficient (Wildman–Crippen LogP) is 3.74. The summed E-state index contributed by atoms with van der Waals surface area (Å²) in [4.78, 5) is 2.80. The zero-order valence-corrected chi connectivity index (χ0v) is 13.3. The maximum atomic E-state index is 4.48. The first kappa shape index (κ1) is 14.3. The van der Waals surface area contributed by atoms with E-state index < -0.39 is 0 Å². The molecule has 2 aromatic heterocycles. The van der Waals surface area contributed by atoms with Crippen LogP contribution in [0.5, 0.6) is 0 Å². The molecule has 2 rings (SSSR count). The summed E-state index contributed by atoms with van der Waals surface area (Å²) >= 11 is 1.87. The molecule has 0 aliphatic rings. The molecule has 19 heavy (non-hydrogen) atoms. The van der Waals surface area contributed by atoms with Gasteiger partial charge in [0.25, 0.3) is 0 Å². The van der Waals surface area contributed by atoms with Crippen LogP contribution < -0.4 is 5.32 Å². The molecule has 3 nitrogen and oxygen atoms in total. The van der Waals surface area contributed by atoms with Gasteiger partial charge in [-0.1, -0.05) is 0 Å². The summed E-state index contributed by atoms with van der Waals surface area (Å²) < 4.78 is 2.07. The van der Waals surface area contributed by atoms with Crippen LogP contribution in [0.2, 0.25) is 0 Å². The lowest BCUT2D eigenvalue weighted by atomic mass is 10.1. The van der Waals surface area contributed by atoms with Crippen LogP contribution >= 0.6 is 11.3 Å². The summed E-state index contributed by atoms with van der Waals surface area (Å²) in [5.74, 6) is 0. The summed E-state index contributed by atoms with van der Waals surface area (Å²) in [5.41, 5.74) is 3.77. The summed E-state index contributed by atoms with van der Waals surface area (Å²) in [6.45, 7) is 12.6. The second-order valence-corrected chi connectivity index (χ2v) is 6.52. The minimum atomic E-state index is 0.380. The summed E-state index contributed by atoms with van der Waals surface area (Å²) in [7, 11) is 0. The van der Waals surface area contributed by atoms with E-state index in [-0.39, 0.29) is 0 Å². The van der Waals surface area contributed by atoms with Crippen molar-refractivity contribution in [3.05, 3.63) is 38.8 Å². The Hall–Kier alpha value is -1.13. The summed E-state index contributed by atoms with van der Waals surface area (Å²) in [5, 5.41) is 8.08. The van der Waals surface area contributed by atoms with Crippen LogP contribution in [0.15, 0.2) is 12.1 Å². The molecule has 0 saturated carbocycles. The second kappa shape index (κ2) is 5.88. The molecule has 0 aromatic carbocycles. The van der Waals surface area contributed by atoms with E-state index in [1.54, 1.807) is 0 Å². The van der Waals surface area contributed by atoms with Crippen molar-refractivity contribution in [3.8, 4) is 0 Å². The minimum Gasteiger partial charge on any atom is -0.305 e. The van der Waals surface area contributed by atoms with Gasteiger partial charge < -0.3 is 5.32 Å². The number of hydrogen-bond donors (Lipinski definition) is 1. The van der Waals surface area contributed by atoms with Crippen molar-refractivity contribution in [2.75, 3.05) is 0 Å². The maximum Gasteiger partial charge on any atom is 0.0597 e. The van der Waals surface area contributed by atoms with Crippen molar-refractivity contribution in [1.29, 1.82) is 0 Å². The van der Waals surface area contributed by atoms with Crippen molar-refractivity contribution >= 4 is 11.3 Å². The molecule has 2 heterocycles. The van der Waals surface area contributed by atoms with Gasteiger partial charge in [0, 0.05) is 28.9 Å².